The highest BCUT2D eigenvalue weighted by Gasteiger charge is 2.05. The zero-order valence-corrected chi connectivity index (χ0v) is 10.5. The largest absolute Gasteiger partial charge is 0.493 e. The van der Waals surface area contributed by atoms with Gasteiger partial charge in [-0.2, -0.15) is 0 Å². The zero-order valence-electron chi connectivity index (χ0n) is 10.5. The standard InChI is InChI=1S/C13H20FNO2/c1-3-7-15-10-11-4-5-12(16-2)13(9-11)17-8-6-14/h4-5,9,15H,3,6-8,10H2,1-2H3. The molecule has 0 atom stereocenters. The Balaban J connectivity index is 2.66. The lowest BCUT2D eigenvalue weighted by molar-refractivity contribution is 0.260. The quantitative estimate of drug-likeness (QED) is 0.709. The van der Waals surface area contributed by atoms with Crippen LogP contribution in [0, 0.1) is 0 Å². The molecule has 3 nitrogen and oxygen atoms in total. The minimum Gasteiger partial charge on any atom is -0.493 e. The monoisotopic (exact) mass is 241 g/mol. The zero-order chi connectivity index (χ0) is 12.5. The van der Waals surface area contributed by atoms with Gasteiger partial charge in [0.2, 0.25) is 0 Å². The van der Waals surface area contributed by atoms with Crippen LogP contribution in [0.5, 0.6) is 11.5 Å². The van der Waals surface area contributed by atoms with Crippen molar-refractivity contribution in [2.75, 3.05) is 26.9 Å². The summed E-state index contributed by atoms with van der Waals surface area (Å²) in [4.78, 5) is 0. The number of rotatable bonds is 8. The molecule has 0 aliphatic heterocycles. The summed E-state index contributed by atoms with van der Waals surface area (Å²) in [6, 6.07) is 5.71. The molecule has 0 unspecified atom stereocenters. The highest BCUT2D eigenvalue weighted by atomic mass is 19.1. The normalized spacial score (nSPS) is 10.3. The minimum absolute atomic E-state index is 0.0577. The molecule has 0 aromatic heterocycles. The third-order valence-electron chi connectivity index (χ3n) is 2.32. The number of hydrogen-bond donors (Lipinski definition) is 1. The first-order chi connectivity index (χ1) is 8.31. The van der Waals surface area contributed by atoms with Gasteiger partial charge in [-0.3, -0.25) is 0 Å². The van der Waals surface area contributed by atoms with Gasteiger partial charge in [0.1, 0.15) is 13.3 Å². The van der Waals surface area contributed by atoms with E-state index in [4.69, 9.17) is 9.47 Å². The van der Waals surface area contributed by atoms with Crippen molar-refractivity contribution in [2.45, 2.75) is 19.9 Å². The van der Waals surface area contributed by atoms with Crippen molar-refractivity contribution in [1.82, 2.24) is 5.32 Å². The molecule has 1 rings (SSSR count). The van der Waals surface area contributed by atoms with Gasteiger partial charge in [-0.05, 0) is 30.7 Å². The van der Waals surface area contributed by atoms with E-state index >= 15 is 0 Å². The van der Waals surface area contributed by atoms with Crippen molar-refractivity contribution in [1.29, 1.82) is 0 Å². The maximum atomic E-state index is 12.1. The summed E-state index contributed by atoms with van der Waals surface area (Å²) >= 11 is 0. The molecule has 0 amide bonds. The summed E-state index contributed by atoms with van der Waals surface area (Å²) in [6.45, 7) is 3.44. The summed E-state index contributed by atoms with van der Waals surface area (Å²) in [5.41, 5.74) is 1.10. The molecule has 0 spiro atoms. The summed E-state index contributed by atoms with van der Waals surface area (Å²) in [6.07, 6.45) is 1.10. The SMILES string of the molecule is CCCNCc1ccc(OC)c(OCCF)c1. The Kier molecular flexibility index (Phi) is 6.40. The second kappa shape index (κ2) is 7.90. The highest BCUT2D eigenvalue weighted by molar-refractivity contribution is 5.42. The van der Waals surface area contributed by atoms with Crippen molar-refractivity contribution in [3.63, 3.8) is 0 Å². The Hall–Kier alpha value is -1.29. The lowest BCUT2D eigenvalue weighted by Crippen LogP contribution is -2.13. The Labute approximate surface area is 102 Å². The third-order valence-corrected chi connectivity index (χ3v) is 2.32. The van der Waals surface area contributed by atoms with Crippen molar-refractivity contribution in [3.8, 4) is 11.5 Å². The molecule has 96 valence electrons. The molecule has 0 aliphatic rings. The molecule has 0 saturated heterocycles. The average molecular weight is 241 g/mol. The maximum absolute atomic E-state index is 12.1. The average Bonchev–Trinajstić information content (AvgIpc) is 2.37. The lowest BCUT2D eigenvalue weighted by atomic mass is 10.2. The fraction of sp³-hybridized carbons (Fsp3) is 0.538. The second-order valence-electron chi connectivity index (χ2n) is 3.70. The van der Waals surface area contributed by atoms with E-state index in [9.17, 15) is 4.39 Å². The fourth-order valence-electron chi connectivity index (χ4n) is 1.50. The van der Waals surface area contributed by atoms with Gasteiger partial charge in [0.05, 0.1) is 7.11 Å². The van der Waals surface area contributed by atoms with E-state index in [1.54, 1.807) is 7.11 Å². The molecule has 0 bridgehead atoms. The Bertz CT molecular complexity index is 331. The molecule has 1 N–H and O–H groups in total. The van der Waals surface area contributed by atoms with Crippen LogP contribution in [-0.2, 0) is 6.54 Å². The predicted molar refractivity (Wildman–Crippen MR) is 66.5 cm³/mol. The number of methoxy groups -OCH3 is 1. The van der Waals surface area contributed by atoms with Crippen molar-refractivity contribution < 1.29 is 13.9 Å². The lowest BCUT2D eigenvalue weighted by Gasteiger charge is -2.11. The molecule has 0 aliphatic carbocycles. The molecular weight excluding hydrogens is 221 g/mol. The molecule has 0 radical (unpaired) electrons. The summed E-state index contributed by atoms with van der Waals surface area (Å²) in [7, 11) is 1.58. The Morgan fingerprint density at radius 3 is 2.76 bits per heavy atom. The first-order valence-corrected chi connectivity index (χ1v) is 5.88. The number of hydrogen-bond acceptors (Lipinski definition) is 3. The summed E-state index contributed by atoms with van der Waals surface area (Å²) in [5, 5.41) is 3.30. The van der Waals surface area contributed by atoms with Crippen LogP contribution in [0.15, 0.2) is 18.2 Å². The molecule has 0 fully saturated rings. The number of ether oxygens (including phenoxy) is 2. The summed E-state index contributed by atoms with van der Waals surface area (Å²) in [5.74, 6) is 1.23. The van der Waals surface area contributed by atoms with E-state index in [2.05, 4.69) is 12.2 Å². The van der Waals surface area contributed by atoms with Crippen LogP contribution >= 0.6 is 0 Å². The molecular formula is C13H20FNO2. The number of nitrogens with one attached hydrogen (secondary N) is 1. The van der Waals surface area contributed by atoms with Crippen LogP contribution < -0.4 is 14.8 Å². The van der Waals surface area contributed by atoms with Crippen molar-refractivity contribution in [3.05, 3.63) is 23.8 Å². The topological polar surface area (TPSA) is 30.5 Å². The van der Waals surface area contributed by atoms with Crippen LogP contribution in [0.4, 0.5) is 4.39 Å². The van der Waals surface area contributed by atoms with Gasteiger partial charge in [-0.1, -0.05) is 13.0 Å². The Morgan fingerprint density at radius 2 is 2.12 bits per heavy atom. The number of alkyl halides is 1. The summed E-state index contributed by atoms with van der Waals surface area (Å²) < 4.78 is 22.5. The van der Waals surface area contributed by atoms with E-state index < -0.39 is 6.67 Å². The highest BCUT2D eigenvalue weighted by Crippen LogP contribution is 2.27. The maximum Gasteiger partial charge on any atom is 0.161 e. The van der Waals surface area contributed by atoms with Gasteiger partial charge in [0.15, 0.2) is 11.5 Å². The molecule has 0 heterocycles. The number of benzene rings is 1. The van der Waals surface area contributed by atoms with Crippen LogP contribution in [0.2, 0.25) is 0 Å². The van der Waals surface area contributed by atoms with Gasteiger partial charge >= 0.3 is 0 Å². The van der Waals surface area contributed by atoms with Gasteiger partial charge in [-0.25, -0.2) is 4.39 Å². The van der Waals surface area contributed by atoms with Crippen LogP contribution in [0.1, 0.15) is 18.9 Å². The molecule has 0 saturated carbocycles. The molecule has 17 heavy (non-hydrogen) atoms. The first-order valence-electron chi connectivity index (χ1n) is 5.88. The van der Waals surface area contributed by atoms with Crippen molar-refractivity contribution in [2.24, 2.45) is 0 Å². The first kappa shape index (κ1) is 13.8. The van der Waals surface area contributed by atoms with Gasteiger partial charge < -0.3 is 14.8 Å². The second-order valence-corrected chi connectivity index (χ2v) is 3.70. The van der Waals surface area contributed by atoms with E-state index in [1.807, 2.05) is 18.2 Å². The molecule has 1 aromatic carbocycles. The van der Waals surface area contributed by atoms with E-state index in [-0.39, 0.29) is 6.61 Å². The van der Waals surface area contributed by atoms with E-state index in [0.717, 1.165) is 25.1 Å². The van der Waals surface area contributed by atoms with Gasteiger partial charge in [0, 0.05) is 6.54 Å². The van der Waals surface area contributed by atoms with Crippen LogP contribution in [0.3, 0.4) is 0 Å². The van der Waals surface area contributed by atoms with Crippen LogP contribution in [0.25, 0.3) is 0 Å². The molecule has 4 heteroatoms. The van der Waals surface area contributed by atoms with Gasteiger partial charge in [0.25, 0.3) is 0 Å². The fourth-order valence-corrected chi connectivity index (χ4v) is 1.50. The van der Waals surface area contributed by atoms with Gasteiger partial charge in [-0.15, -0.1) is 0 Å². The molecule has 1 aromatic rings. The van der Waals surface area contributed by atoms with Crippen LogP contribution in [-0.4, -0.2) is 26.9 Å². The minimum atomic E-state index is -0.499. The number of halogens is 1. The smallest absolute Gasteiger partial charge is 0.161 e. The Morgan fingerprint density at radius 1 is 1.29 bits per heavy atom. The third kappa shape index (κ3) is 4.61. The van der Waals surface area contributed by atoms with E-state index in [1.165, 1.54) is 0 Å². The predicted octanol–water partition coefficient (Wildman–Crippen LogP) is 2.54. The van der Waals surface area contributed by atoms with E-state index in [0.29, 0.717) is 11.5 Å². The van der Waals surface area contributed by atoms with Crippen molar-refractivity contribution >= 4 is 0 Å².